The van der Waals surface area contributed by atoms with E-state index in [0.29, 0.717) is 10.0 Å². The molecule has 0 radical (unpaired) electrons. The van der Waals surface area contributed by atoms with Gasteiger partial charge in [0, 0.05) is 22.7 Å². The second kappa shape index (κ2) is 4.56. The second-order valence-electron chi connectivity index (χ2n) is 4.18. The molecular weight excluding hydrogens is 289 g/mol. The molecule has 2 unspecified atom stereocenters. The predicted octanol–water partition coefficient (Wildman–Crippen LogP) is 2.35. The molecule has 1 aromatic carbocycles. The summed E-state index contributed by atoms with van der Waals surface area (Å²) >= 11 is 3.17. The van der Waals surface area contributed by atoms with Gasteiger partial charge in [-0.25, -0.2) is 4.39 Å². The van der Waals surface area contributed by atoms with E-state index in [-0.39, 0.29) is 24.2 Å². The van der Waals surface area contributed by atoms with Gasteiger partial charge in [-0.1, -0.05) is 28.9 Å². The summed E-state index contributed by atoms with van der Waals surface area (Å²) in [5.74, 6) is -1.86. The minimum Gasteiger partial charge on any atom is -0.296 e. The summed E-state index contributed by atoms with van der Waals surface area (Å²) in [5, 5.41) is 2.25. The van der Waals surface area contributed by atoms with E-state index < -0.39 is 11.7 Å². The SMILES string of the molecule is CC1C(=O)NC(=O)CC1c1ccc(Br)cc1F. The monoisotopic (exact) mass is 299 g/mol. The third-order valence-electron chi connectivity index (χ3n) is 3.05. The Morgan fingerprint density at radius 1 is 1.41 bits per heavy atom. The van der Waals surface area contributed by atoms with Crippen LogP contribution < -0.4 is 5.32 Å². The van der Waals surface area contributed by atoms with Crippen LogP contribution in [0, 0.1) is 11.7 Å². The highest BCUT2D eigenvalue weighted by Crippen LogP contribution is 2.33. The van der Waals surface area contributed by atoms with Gasteiger partial charge in [-0.3, -0.25) is 14.9 Å². The van der Waals surface area contributed by atoms with Crippen molar-refractivity contribution in [2.75, 3.05) is 0 Å². The number of halogens is 2. The van der Waals surface area contributed by atoms with Gasteiger partial charge in [0.05, 0.1) is 0 Å². The Hall–Kier alpha value is -1.23. The molecule has 90 valence electrons. The Morgan fingerprint density at radius 3 is 2.76 bits per heavy atom. The zero-order chi connectivity index (χ0) is 12.6. The van der Waals surface area contributed by atoms with Crippen LogP contribution in [0.5, 0.6) is 0 Å². The highest BCUT2D eigenvalue weighted by Gasteiger charge is 2.34. The maximum absolute atomic E-state index is 13.8. The molecule has 2 amide bonds. The van der Waals surface area contributed by atoms with Gasteiger partial charge < -0.3 is 0 Å². The number of nitrogens with one attached hydrogen (secondary N) is 1. The summed E-state index contributed by atoms with van der Waals surface area (Å²) in [5.41, 5.74) is 0.420. The van der Waals surface area contributed by atoms with Gasteiger partial charge in [-0.15, -0.1) is 0 Å². The van der Waals surface area contributed by atoms with Crippen molar-refractivity contribution >= 4 is 27.7 Å². The Kier molecular flexibility index (Phi) is 3.28. The van der Waals surface area contributed by atoms with Crippen molar-refractivity contribution in [3.8, 4) is 0 Å². The molecule has 0 saturated carbocycles. The number of carbonyl (C=O) groups is 2. The molecular formula is C12H11BrFNO2. The van der Waals surface area contributed by atoms with Gasteiger partial charge in [0.2, 0.25) is 11.8 Å². The molecule has 1 aliphatic heterocycles. The summed E-state index contributed by atoms with van der Waals surface area (Å²) < 4.78 is 14.4. The minimum atomic E-state index is -0.400. The van der Waals surface area contributed by atoms with Crippen molar-refractivity contribution in [3.63, 3.8) is 0 Å². The van der Waals surface area contributed by atoms with Gasteiger partial charge in [-0.05, 0) is 17.7 Å². The Morgan fingerprint density at radius 2 is 2.12 bits per heavy atom. The average molecular weight is 300 g/mol. The standard InChI is InChI=1S/C12H11BrFNO2/c1-6-9(5-11(16)15-12(6)17)8-3-2-7(13)4-10(8)14/h2-4,6,9H,5H2,1H3,(H,15,16,17). The molecule has 0 aliphatic carbocycles. The number of rotatable bonds is 1. The smallest absolute Gasteiger partial charge is 0.230 e. The van der Waals surface area contributed by atoms with Crippen LogP contribution in [0.15, 0.2) is 22.7 Å². The number of carbonyl (C=O) groups excluding carboxylic acids is 2. The molecule has 1 saturated heterocycles. The normalized spacial score (nSPS) is 24.6. The quantitative estimate of drug-likeness (QED) is 0.809. The lowest BCUT2D eigenvalue weighted by Gasteiger charge is -2.27. The van der Waals surface area contributed by atoms with E-state index in [2.05, 4.69) is 21.2 Å². The molecule has 2 rings (SSSR count). The molecule has 1 heterocycles. The Bertz CT molecular complexity index is 489. The fourth-order valence-corrected chi connectivity index (χ4v) is 2.38. The number of imide groups is 1. The molecule has 2 atom stereocenters. The zero-order valence-corrected chi connectivity index (χ0v) is 10.8. The highest BCUT2D eigenvalue weighted by molar-refractivity contribution is 9.10. The van der Waals surface area contributed by atoms with Crippen molar-refractivity contribution in [1.29, 1.82) is 0 Å². The van der Waals surface area contributed by atoms with Crippen LogP contribution in [-0.4, -0.2) is 11.8 Å². The molecule has 0 spiro atoms. The van der Waals surface area contributed by atoms with Gasteiger partial charge >= 0.3 is 0 Å². The number of benzene rings is 1. The third-order valence-corrected chi connectivity index (χ3v) is 3.54. The van der Waals surface area contributed by atoms with Gasteiger partial charge in [0.25, 0.3) is 0 Å². The summed E-state index contributed by atoms with van der Waals surface area (Å²) in [6, 6.07) is 4.67. The van der Waals surface area contributed by atoms with Crippen molar-refractivity contribution in [2.24, 2.45) is 5.92 Å². The molecule has 0 bridgehead atoms. The fraction of sp³-hybridized carbons (Fsp3) is 0.333. The van der Waals surface area contributed by atoms with E-state index >= 15 is 0 Å². The summed E-state index contributed by atoms with van der Waals surface area (Å²) in [4.78, 5) is 22.8. The van der Waals surface area contributed by atoms with Crippen LogP contribution in [0.25, 0.3) is 0 Å². The van der Waals surface area contributed by atoms with E-state index in [4.69, 9.17) is 0 Å². The van der Waals surface area contributed by atoms with Crippen LogP contribution >= 0.6 is 15.9 Å². The van der Waals surface area contributed by atoms with Crippen molar-refractivity contribution in [3.05, 3.63) is 34.1 Å². The van der Waals surface area contributed by atoms with E-state index in [1.54, 1.807) is 19.1 Å². The first kappa shape index (κ1) is 12.2. The van der Waals surface area contributed by atoms with Crippen molar-refractivity contribution < 1.29 is 14.0 Å². The van der Waals surface area contributed by atoms with Crippen molar-refractivity contribution in [2.45, 2.75) is 19.3 Å². The molecule has 3 nitrogen and oxygen atoms in total. The van der Waals surface area contributed by atoms with Crippen LogP contribution in [0.3, 0.4) is 0 Å². The van der Waals surface area contributed by atoms with E-state index in [1.807, 2.05) is 0 Å². The maximum Gasteiger partial charge on any atom is 0.230 e. The maximum atomic E-state index is 13.8. The summed E-state index contributed by atoms with van der Waals surface area (Å²) in [6.07, 6.45) is 0.144. The number of hydrogen-bond donors (Lipinski definition) is 1. The van der Waals surface area contributed by atoms with Crippen LogP contribution in [0.2, 0.25) is 0 Å². The lowest BCUT2D eigenvalue weighted by Crippen LogP contribution is -2.43. The average Bonchev–Trinajstić information content (AvgIpc) is 2.24. The second-order valence-corrected chi connectivity index (χ2v) is 5.09. The lowest BCUT2D eigenvalue weighted by molar-refractivity contribution is -0.136. The number of hydrogen-bond acceptors (Lipinski definition) is 2. The van der Waals surface area contributed by atoms with Gasteiger partial charge in [0.1, 0.15) is 5.82 Å². The summed E-state index contributed by atoms with van der Waals surface area (Å²) in [7, 11) is 0. The van der Waals surface area contributed by atoms with Crippen LogP contribution in [-0.2, 0) is 9.59 Å². The molecule has 1 N–H and O–H groups in total. The zero-order valence-electron chi connectivity index (χ0n) is 9.17. The lowest BCUT2D eigenvalue weighted by atomic mass is 9.81. The largest absolute Gasteiger partial charge is 0.296 e. The fourth-order valence-electron chi connectivity index (χ4n) is 2.04. The topological polar surface area (TPSA) is 46.2 Å². The first-order valence-electron chi connectivity index (χ1n) is 5.27. The predicted molar refractivity (Wildman–Crippen MR) is 63.8 cm³/mol. The number of piperidine rings is 1. The molecule has 17 heavy (non-hydrogen) atoms. The van der Waals surface area contributed by atoms with E-state index in [0.717, 1.165) is 0 Å². The third kappa shape index (κ3) is 2.39. The molecule has 1 aliphatic rings. The van der Waals surface area contributed by atoms with E-state index in [1.165, 1.54) is 6.07 Å². The van der Waals surface area contributed by atoms with Crippen LogP contribution in [0.1, 0.15) is 24.8 Å². The summed E-state index contributed by atoms with van der Waals surface area (Å²) in [6.45, 7) is 1.70. The van der Waals surface area contributed by atoms with Crippen molar-refractivity contribution in [1.82, 2.24) is 5.32 Å². The number of amides is 2. The minimum absolute atomic E-state index is 0.144. The van der Waals surface area contributed by atoms with E-state index in [9.17, 15) is 14.0 Å². The molecule has 5 heteroatoms. The van der Waals surface area contributed by atoms with Gasteiger partial charge in [-0.2, -0.15) is 0 Å². The highest BCUT2D eigenvalue weighted by atomic mass is 79.9. The van der Waals surface area contributed by atoms with Gasteiger partial charge in [0.15, 0.2) is 0 Å². The molecule has 1 aromatic rings. The van der Waals surface area contributed by atoms with Crippen LogP contribution in [0.4, 0.5) is 4.39 Å². The first-order valence-corrected chi connectivity index (χ1v) is 6.07. The Balaban J connectivity index is 2.37. The Labute approximate surface area is 107 Å². The molecule has 1 fully saturated rings. The molecule has 0 aromatic heterocycles. The first-order chi connectivity index (χ1) is 7.99.